The van der Waals surface area contributed by atoms with Gasteiger partial charge in [0.1, 0.15) is 18.2 Å². The molecule has 7 heteroatoms. The first kappa shape index (κ1) is 20.0. The third kappa shape index (κ3) is 4.99. The van der Waals surface area contributed by atoms with Gasteiger partial charge in [0.25, 0.3) is 0 Å². The van der Waals surface area contributed by atoms with Crippen molar-refractivity contribution >= 4 is 5.97 Å². The number of hydrogen-bond donors (Lipinski definition) is 1. The second kappa shape index (κ2) is 9.00. The van der Waals surface area contributed by atoms with Crippen LogP contribution in [0.2, 0.25) is 0 Å². The fourth-order valence-electron chi connectivity index (χ4n) is 3.45. The van der Waals surface area contributed by atoms with Crippen molar-refractivity contribution in [2.75, 3.05) is 13.1 Å². The highest BCUT2D eigenvalue weighted by atomic mass is 19.1. The van der Waals surface area contributed by atoms with Gasteiger partial charge in [0, 0.05) is 43.4 Å². The minimum atomic E-state index is -0.782. The van der Waals surface area contributed by atoms with E-state index < -0.39 is 5.97 Å². The zero-order valence-electron chi connectivity index (χ0n) is 16.4. The van der Waals surface area contributed by atoms with Crippen molar-refractivity contribution in [3.63, 3.8) is 0 Å². The van der Waals surface area contributed by atoms with Crippen molar-refractivity contribution in [3.8, 4) is 17.1 Å². The Bertz CT molecular complexity index is 1040. The molecule has 0 atom stereocenters. The molecule has 0 spiro atoms. The van der Waals surface area contributed by atoms with Gasteiger partial charge in [0.15, 0.2) is 5.82 Å². The number of carboxylic acid groups (broad SMARTS) is 1. The summed E-state index contributed by atoms with van der Waals surface area (Å²) in [5, 5.41) is 8.85. The summed E-state index contributed by atoms with van der Waals surface area (Å²) in [5.74, 6) is 0.288. The molecular weight excluding hydrogens is 385 g/mol. The van der Waals surface area contributed by atoms with Crippen LogP contribution < -0.4 is 4.74 Å². The van der Waals surface area contributed by atoms with Crippen molar-refractivity contribution in [2.24, 2.45) is 0 Å². The first-order chi connectivity index (χ1) is 14.6. The number of ether oxygens (including phenoxy) is 1. The van der Waals surface area contributed by atoms with Crippen LogP contribution in [0.5, 0.6) is 5.75 Å². The smallest absolute Gasteiger partial charge is 0.304 e. The number of nitrogens with zero attached hydrogens (tertiary/aromatic N) is 3. The highest BCUT2D eigenvalue weighted by Crippen LogP contribution is 2.23. The lowest BCUT2D eigenvalue weighted by atomic mass is 10.1. The van der Waals surface area contributed by atoms with Gasteiger partial charge in [-0.2, -0.15) is 0 Å². The summed E-state index contributed by atoms with van der Waals surface area (Å²) in [5.41, 5.74) is 3.72. The Kier molecular flexibility index (Phi) is 5.99. The van der Waals surface area contributed by atoms with Gasteiger partial charge >= 0.3 is 5.97 Å². The predicted molar refractivity (Wildman–Crippen MR) is 109 cm³/mol. The number of carboxylic acids is 1. The third-order valence-corrected chi connectivity index (χ3v) is 5.06. The van der Waals surface area contributed by atoms with Crippen LogP contribution in [-0.4, -0.2) is 39.0 Å². The predicted octanol–water partition coefficient (Wildman–Crippen LogP) is 3.69. The molecule has 4 rings (SSSR count). The summed E-state index contributed by atoms with van der Waals surface area (Å²) in [6.07, 6.45) is 2.75. The molecule has 6 nitrogen and oxygen atoms in total. The standard InChI is InChI=1S/C23H22FN3O3/c24-19-3-1-2-16(12-19)15-30-20-6-4-17(5-7-20)23-25-13-18-14-27(11-9-22(28)29)10-8-21(18)26-23/h1-7,12-13H,8-11,14-15H2,(H,28,29). The summed E-state index contributed by atoms with van der Waals surface area (Å²) < 4.78 is 19.0. The second-order valence-electron chi connectivity index (χ2n) is 7.28. The monoisotopic (exact) mass is 407 g/mol. The average molecular weight is 407 g/mol. The molecule has 154 valence electrons. The molecule has 0 unspecified atom stereocenters. The number of hydrogen-bond acceptors (Lipinski definition) is 5. The zero-order valence-corrected chi connectivity index (χ0v) is 16.4. The maximum atomic E-state index is 13.2. The molecule has 1 aromatic heterocycles. The minimum Gasteiger partial charge on any atom is -0.489 e. The van der Waals surface area contributed by atoms with E-state index >= 15 is 0 Å². The SMILES string of the molecule is O=C(O)CCN1CCc2nc(-c3ccc(OCc4cccc(F)c4)cc3)ncc2C1. The third-order valence-electron chi connectivity index (χ3n) is 5.06. The molecule has 2 heterocycles. The van der Waals surface area contributed by atoms with Crippen LogP contribution in [-0.2, 0) is 24.4 Å². The lowest BCUT2D eigenvalue weighted by Gasteiger charge is -2.27. The Labute approximate surface area is 174 Å². The Hall–Kier alpha value is -3.32. The molecule has 0 fully saturated rings. The van der Waals surface area contributed by atoms with Crippen LogP contribution in [0.25, 0.3) is 11.4 Å². The van der Waals surface area contributed by atoms with E-state index in [9.17, 15) is 9.18 Å². The highest BCUT2D eigenvalue weighted by molar-refractivity contribution is 5.66. The van der Waals surface area contributed by atoms with Crippen LogP contribution in [0, 0.1) is 5.82 Å². The number of aromatic nitrogens is 2. The van der Waals surface area contributed by atoms with E-state index in [4.69, 9.17) is 14.8 Å². The van der Waals surface area contributed by atoms with Crippen molar-refractivity contribution in [1.29, 1.82) is 0 Å². The van der Waals surface area contributed by atoms with Gasteiger partial charge in [-0.1, -0.05) is 12.1 Å². The van der Waals surface area contributed by atoms with Crippen LogP contribution in [0.1, 0.15) is 23.2 Å². The maximum Gasteiger partial charge on any atom is 0.304 e. The number of rotatable bonds is 7. The van der Waals surface area contributed by atoms with Crippen molar-refractivity contribution < 1.29 is 19.0 Å². The second-order valence-corrected chi connectivity index (χ2v) is 7.28. The number of benzene rings is 2. The van der Waals surface area contributed by atoms with Gasteiger partial charge in [-0.15, -0.1) is 0 Å². The van der Waals surface area contributed by atoms with E-state index in [0.29, 0.717) is 31.3 Å². The normalized spacial score (nSPS) is 13.6. The van der Waals surface area contributed by atoms with E-state index in [1.807, 2.05) is 36.5 Å². The first-order valence-electron chi connectivity index (χ1n) is 9.83. The van der Waals surface area contributed by atoms with Crippen LogP contribution in [0.3, 0.4) is 0 Å². The van der Waals surface area contributed by atoms with Gasteiger partial charge < -0.3 is 9.84 Å². The average Bonchev–Trinajstić information content (AvgIpc) is 2.76. The molecule has 1 N–H and O–H groups in total. The zero-order chi connectivity index (χ0) is 20.9. The summed E-state index contributed by atoms with van der Waals surface area (Å²) in [7, 11) is 0. The molecule has 30 heavy (non-hydrogen) atoms. The number of aliphatic carboxylic acids is 1. The van der Waals surface area contributed by atoms with Crippen molar-refractivity contribution in [3.05, 3.63) is 77.4 Å². The molecule has 0 bridgehead atoms. The van der Waals surface area contributed by atoms with E-state index in [1.165, 1.54) is 12.1 Å². The van der Waals surface area contributed by atoms with Crippen LogP contribution in [0.4, 0.5) is 4.39 Å². The first-order valence-corrected chi connectivity index (χ1v) is 9.83. The molecule has 1 aliphatic heterocycles. The molecule has 3 aromatic rings. The maximum absolute atomic E-state index is 13.2. The molecular formula is C23H22FN3O3. The highest BCUT2D eigenvalue weighted by Gasteiger charge is 2.19. The van der Waals surface area contributed by atoms with E-state index in [1.54, 1.807) is 6.07 Å². The quantitative estimate of drug-likeness (QED) is 0.644. The molecule has 0 radical (unpaired) electrons. The molecule has 2 aromatic carbocycles. The number of halogens is 1. The summed E-state index contributed by atoms with van der Waals surface area (Å²) in [6, 6.07) is 13.9. The van der Waals surface area contributed by atoms with Gasteiger partial charge in [-0.25, -0.2) is 14.4 Å². The van der Waals surface area contributed by atoms with E-state index in [0.717, 1.165) is 35.3 Å². The number of carbonyl (C=O) groups is 1. The van der Waals surface area contributed by atoms with Crippen LogP contribution in [0.15, 0.2) is 54.7 Å². The topological polar surface area (TPSA) is 75.5 Å². The Morgan fingerprint density at radius 2 is 2.03 bits per heavy atom. The Morgan fingerprint density at radius 1 is 1.20 bits per heavy atom. The molecule has 0 saturated heterocycles. The van der Waals surface area contributed by atoms with Crippen LogP contribution >= 0.6 is 0 Å². The minimum absolute atomic E-state index is 0.141. The number of fused-ring (bicyclic) bond motifs is 1. The fourth-order valence-corrected chi connectivity index (χ4v) is 3.45. The van der Waals surface area contributed by atoms with Gasteiger partial charge in [0.2, 0.25) is 0 Å². The van der Waals surface area contributed by atoms with Gasteiger partial charge in [0.05, 0.1) is 12.1 Å². The van der Waals surface area contributed by atoms with Crippen molar-refractivity contribution in [2.45, 2.75) is 26.0 Å². The molecule has 1 aliphatic rings. The summed E-state index contributed by atoms with van der Waals surface area (Å²) in [6.45, 7) is 2.30. The van der Waals surface area contributed by atoms with E-state index in [-0.39, 0.29) is 12.2 Å². The molecule has 0 saturated carbocycles. The lowest BCUT2D eigenvalue weighted by molar-refractivity contribution is -0.137. The van der Waals surface area contributed by atoms with Crippen molar-refractivity contribution in [1.82, 2.24) is 14.9 Å². The fraction of sp³-hybridized carbons (Fsp3) is 0.261. The van der Waals surface area contributed by atoms with E-state index in [2.05, 4.69) is 9.88 Å². The molecule has 0 amide bonds. The van der Waals surface area contributed by atoms with Gasteiger partial charge in [-0.05, 0) is 42.0 Å². The Balaban J connectivity index is 1.39. The molecule has 0 aliphatic carbocycles. The summed E-state index contributed by atoms with van der Waals surface area (Å²) in [4.78, 5) is 22.1. The largest absolute Gasteiger partial charge is 0.489 e. The van der Waals surface area contributed by atoms with Gasteiger partial charge in [-0.3, -0.25) is 9.69 Å². The lowest BCUT2D eigenvalue weighted by Crippen LogP contribution is -2.33. The Morgan fingerprint density at radius 3 is 2.80 bits per heavy atom. The summed E-state index contributed by atoms with van der Waals surface area (Å²) >= 11 is 0.